The zero-order chi connectivity index (χ0) is 13.1. The Labute approximate surface area is 99.8 Å². The smallest absolute Gasteiger partial charge is 0.372 e. The molecule has 0 fully saturated rings. The Morgan fingerprint density at radius 1 is 1.29 bits per heavy atom. The molecule has 0 unspecified atom stereocenters. The molecule has 0 amide bonds. The second kappa shape index (κ2) is 5.59. The molecule has 0 saturated heterocycles. The number of aryl methyl sites for hydroxylation is 1. The van der Waals surface area contributed by atoms with Crippen molar-refractivity contribution in [2.75, 3.05) is 13.2 Å². The minimum absolute atomic E-state index is 0.0386. The van der Waals surface area contributed by atoms with E-state index in [1.54, 1.807) is 0 Å². The van der Waals surface area contributed by atoms with Crippen molar-refractivity contribution in [2.45, 2.75) is 19.5 Å². The predicted molar refractivity (Wildman–Crippen MR) is 52.3 cm³/mol. The highest BCUT2D eigenvalue weighted by Crippen LogP contribution is 2.15. The number of rotatable bonds is 4. The Balaban J connectivity index is 2.48. The Morgan fingerprint density at radius 3 is 2.47 bits per heavy atom. The van der Waals surface area contributed by atoms with E-state index in [4.69, 9.17) is 11.6 Å². The molecule has 1 aromatic rings. The first-order chi connectivity index (χ1) is 7.79. The SMILES string of the molecule is Cc1nc(CCOCC(F)(F)F)nc(Cl)c1F. The van der Waals surface area contributed by atoms with Crippen LogP contribution in [0.5, 0.6) is 0 Å². The van der Waals surface area contributed by atoms with Crippen LogP contribution in [-0.4, -0.2) is 29.4 Å². The summed E-state index contributed by atoms with van der Waals surface area (Å²) < 4.78 is 52.6. The Bertz CT molecular complexity index is 374. The normalized spacial score (nSPS) is 11.9. The third kappa shape index (κ3) is 4.82. The van der Waals surface area contributed by atoms with Crippen LogP contribution in [0.2, 0.25) is 5.15 Å². The maximum atomic E-state index is 13.0. The van der Waals surface area contributed by atoms with E-state index >= 15 is 0 Å². The van der Waals surface area contributed by atoms with Gasteiger partial charge in [-0.05, 0) is 6.92 Å². The van der Waals surface area contributed by atoms with Gasteiger partial charge >= 0.3 is 6.18 Å². The van der Waals surface area contributed by atoms with Crippen LogP contribution in [0.3, 0.4) is 0 Å². The first-order valence-corrected chi connectivity index (χ1v) is 5.00. The number of halogens is 5. The van der Waals surface area contributed by atoms with Gasteiger partial charge in [-0.15, -0.1) is 0 Å². The zero-order valence-corrected chi connectivity index (χ0v) is 9.57. The van der Waals surface area contributed by atoms with Crippen molar-refractivity contribution in [1.29, 1.82) is 0 Å². The average molecular weight is 273 g/mol. The summed E-state index contributed by atoms with van der Waals surface area (Å²) in [6.45, 7) is -0.148. The average Bonchev–Trinajstić information content (AvgIpc) is 2.19. The maximum absolute atomic E-state index is 13.0. The highest BCUT2D eigenvalue weighted by atomic mass is 35.5. The molecule has 0 N–H and O–H groups in total. The number of hydrogen-bond acceptors (Lipinski definition) is 3. The minimum Gasteiger partial charge on any atom is -0.372 e. The van der Waals surface area contributed by atoms with Crippen LogP contribution in [-0.2, 0) is 11.2 Å². The fourth-order valence-electron chi connectivity index (χ4n) is 1.04. The lowest BCUT2D eigenvalue weighted by Crippen LogP contribution is -2.18. The largest absolute Gasteiger partial charge is 0.411 e. The summed E-state index contributed by atoms with van der Waals surface area (Å²) in [6.07, 6.45) is -4.33. The molecular formula is C9H9ClF4N2O. The lowest BCUT2D eigenvalue weighted by atomic mass is 10.3. The highest BCUT2D eigenvalue weighted by molar-refractivity contribution is 6.29. The van der Waals surface area contributed by atoms with Gasteiger partial charge in [0.25, 0.3) is 0 Å². The quantitative estimate of drug-likeness (QED) is 0.480. The summed E-state index contributed by atoms with van der Waals surface area (Å²) in [4.78, 5) is 7.32. The van der Waals surface area contributed by atoms with E-state index in [9.17, 15) is 17.6 Å². The van der Waals surface area contributed by atoms with Crippen molar-refractivity contribution < 1.29 is 22.3 Å². The second-order valence-corrected chi connectivity index (χ2v) is 3.61. The molecular weight excluding hydrogens is 264 g/mol. The zero-order valence-electron chi connectivity index (χ0n) is 8.81. The van der Waals surface area contributed by atoms with Gasteiger partial charge in [-0.25, -0.2) is 14.4 Å². The topological polar surface area (TPSA) is 35.0 Å². The highest BCUT2D eigenvalue weighted by Gasteiger charge is 2.27. The van der Waals surface area contributed by atoms with E-state index in [-0.39, 0.29) is 29.7 Å². The predicted octanol–water partition coefficient (Wildman–Crippen LogP) is 2.70. The third-order valence-electron chi connectivity index (χ3n) is 1.76. The van der Waals surface area contributed by atoms with Crippen molar-refractivity contribution in [3.8, 4) is 0 Å². The van der Waals surface area contributed by atoms with Crippen LogP contribution in [0.15, 0.2) is 0 Å². The second-order valence-electron chi connectivity index (χ2n) is 3.25. The van der Waals surface area contributed by atoms with Gasteiger partial charge in [0, 0.05) is 6.42 Å². The molecule has 0 aliphatic rings. The maximum Gasteiger partial charge on any atom is 0.411 e. The molecule has 96 valence electrons. The standard InChI is InChI=1S/C9H9ClF4N2O/c1-5-7(11)8(10)16-6(15-5)2-3-17-4-9(12,13)14/h2-4H2,1H3. The fraction of sp³-hybridized carbons (Fsp3) is 0.556. The van der Waals surface area contributed by atoms with Crippen LogP contribution in [0.4, 0.5) is 17.6 Å². The molecule has 0 atom stereocenters. The Hall–Kier alpha value is -0.950. The van der Waals surface area contributed by atoms with E-state index in [2.05, 4.69) is 14.7 Å². The van der Waals surface area contributed by atoms with Crippen molar-refractivity contribution in [2.24, 2.45) is 0 Å². The van der Waals surface area contributed by atoms with Gasteiger partial charge in [-0.3, -0.25) is 0 Å². The molecule has 1 aromatic heterocycles. The van der Waals surface area contributed by atoms with Crippen LogP contribution in [0.25, 0.3) is 0 Å². The van der Waals surface area contributed by atoms with Crippen molar-refractivity contribution in [3.05, 3.63) is 22.5 Å². The number of aromatic nitrogens is 2. The minimum atomic E-state index is -4.36. The lowest BCUT2D eigenvalue weighted by molar-refractivity contribution is -0.173. The molecule has 0 radical (unpaired) electrons. The molecule has 17 heavy (non-hydrogen) atoms. The lowest BCUT2D eigenvalue weighted by Gasteiger charge is -2.07. The van der Waals surface area contributed by atoms with E-state index in [0.717, 1.165) is 0 Å². The third-order valence-corrected chi connectivity index (χ3v) is 2.01. The first kappa shape index (κ1) is 14.1. The van der Waals surface area contributed by atoms with E-state index in [0.29, 0.717) is 0 Å². The van der Waals surface area contributed by atoms with Crippen LogP contribution in [0, 0.1) is 12.7 Å². The number of nitrogens with zero attached hydrogens (tertiary/aromatic N) is 2. The summed E-state index contributed by atoms with van der Waals surface area (Å²) in [7, 11) is 0. The fourth-order valence-corrected chi connectivity index (χ4v) is 1.28. The van der Waals surface area contributed by atoms with E-state index < -0.39 is 18.6 Å². The summed E-state index contributed by atoms with van der Waals surface area (Å²) in [5.41, 5.74) is 0.0517. The van der Waals surface area contributed by atoms with Gasteiger partial charge in [0.2, 0.25) is 0 Å². The summed E-state index contributed by atoms with van der Waals surface area (Å²) >= 11 is 5.46. The summed E-state index contributed by atoms with van der Waals surface area (Å²) in [5, 5.41) is -0.344. The molecule has 0 aromatic carbocycles. The molecule has 3 nitrogen and oxygen atoms in total. The van der Waals surface area contributed by atoms with Crippen molar-refractivity contribution in [1.82, 2.24) is 9.97 Å². The van der Waals surface area contributed by atoms with Gasteiger partial charge < -0.3 is 4.74 Å². The molecule has 1 rings (SSSR count). The molecule has 8 heteroatoms. The monoisotopic (exact) mass is 272 g/mol. The van der Waals surface area contributed by atoms with E-state index in [1.165, 1.54) is 6.92 Å². The molecule has 1 heterocycles. The summed E-state index contributed by atoms with van der Waals surface area (Å²) in [5.74, 6) is -0.581. The molecule has 0 aliphatic carbocycles. The molecule has 0 aliphatic heterocycles. The van der Waals surface area contributed by atoms with Crippen LogP contribution < -0.4 is 0 Å². The Morgan fingerprint density at radius 2 is 1.94 bits per heavy atom. The van der Waals surface area contributed by atoms with Crippen molar-refractivity contribution >= 4 is 11.6 Å². The number of alkyl halides is 3. The number of ether oxygens (including phenoxy) is 1. The van der Waals surface area contributed by atoms with Crippen molar-refractivity contribution in [3.63, 3.8) is 0 Å². The molecule has 0 saturated carbocycles. The van der Waals surface area contributed by atoms with Crippen LogP contribution in [0.1, 0.15) is 11.5 Å². The van der Waals surface area contributed by atoms with Gasteiger partial charge in [0.05, 0.1) is 12.3 Å². The Kier molecular flexibility index (Phi) is 4.64. The van der Waals surface area contributed by atoms with Gasteiger partial charge in [-0.1, -0.05) is 11.6 Å². The van der Waals surface area contributed by atoms with Crippen LogP contribution >= 0.6 is 11.6 Å². The number of hydrogen-bond donors (Lipinski definition) is 0. The van der Waals surface area contributed by atoms with Gasteiger partial charge in [0.15, 0.2) is 11.0 Å². The first-order valence-electron chi connectivity index (χ1n) is 4.62. The molecule has 0 spiro atoms. The van der Waals surface area contributed by atoms with Gasteiger partial charge in [0.1, 0.15) is 12.4 Å². The molecule has 0 bridgehead atoms. The summed E-state index contributed by atoms with van der Waals surface area (Å²) in [6, 6.07) is 0. The van der Waals surface area contributed by atoms with Gasteiger partial charge in [-0.2, -0.15) is 13.2 Å². The van der Waals surface area contributed by atoms with E-state index in [1.807, 2.05) is 0 Å².